The van der Waals surface area contributed by atoms with Crippen LogP contribution >= 0.6 is 0 Å². The van der Waals surface area contributed by atoms with Crippen LogP contribution in [0, 0.1) is 5.92 Å². The van der Waals surface area contributed by atoms with Gasteiger partial charge in [-0.3, -0.25) is 4.79 Å². The summed E-state index contributed by atoms with van der Waals surface area (Å²) in [5.74, 6) is 0.460. The van der Waals surface area contributed by atoms with Gasteiger partial charge < -0.3 is 9.84 Å². The van der Waals surface area contributed by atoms with E-state index in [4.69, 9.17) is 4.74 Å². The van der Waals surface area contributed by atoms with Crippen LogP contribution in [0.3, 0.4) is 0 Å². The molecule has 3 heteroatoms. The second kappa shape index (κ2) is 7.53. The highest BCUT2D eigenvalue weighted by Crippen LogP contribution is 2.24. The number of esters is 1. The summed E-state index contributed by atoms with van der Waals surface area (Å²) in [4.78, 5) is 11.7. The maximum Gasteiger partial charge on any atom is 0.314 e. The van der Waals surface area contributed by atoms with E-state index in [9.17, 15) is 9.90 Å². The van der Waals surface area contributed by atoms with Gasteiger partial charge in [0.2, 0.25) is 0 Å². The number of phenols is 1. The standard InChI is InChI=1S/C15H16O3.2CH4/c1-3-10(2)15(17)18-14-7-5-11-8-13(16)6-4-12(11)9-14;;/h4-10,16H,3H2,1-2H3;2*1H4. The molecule has 3 nitrogen and oxygen atoms in total. The van der Waals surface area contributed by atoms with Crippen molar-refractivity contribution < 1.29 is 14.6 Å². The van der Waals surface area contributed by atoms with E-state index in [1.54, 1.807) is 30.3 Å². The SMILES string of the molecule is C.C.CCC(C)C(=O)Oc1ccc2cc(O)ccc2c1. The van der Waals surface area contributed by atoms with E-state index < -0.39 is 0 Å². The average molecular weight is 276 g/mol. The molecule has 0 bridgehead atoms. The van der Waals surface area contributed by atoms with E-state index >= 15 is 0 Å². The Morgan fingerprint density at radius 1 is 1.15 bits per heavy atom. The summed E-state index contributed by atoms with van der Waals surface area (Å²) in [5.41, 5.74) is 0. The molecule has 2 rings (SSSR count). The van der Waals surface area contributed by atoms with Gasteiger partial charge in [0.05, 0.1) is 5.92 Å². The largest absolute Gasteiger partial charge is 0.508 e. The first-order chi connectivity index (χ1) is 8.60. The predicted octanol–water partition coefficient (Wildman–Crippen LogP) is 4.77. The summed E-state index contributed by atoms with van der Waals surface area (Å²) in [6.45, 7) is 3.80. The first kappa shape index (κ1) is 18.0. The number of hydrogen-bond donors (Lipinski definition) is 1. The van der Waals surface area contributed by atoms with Crippen LogP contribution in [-0.2, 0) is 4.79 Å². The summed E-state index contributed by atoms with van der Waals surface area (Å²) in [6, 6.07) is 10.5. The molecule has 0 fully saturated rings. The van der Waals surface area contributed by atoms with E-state index in [1.165, 1.54) is 0 Å². The van der Waals surface area contributed by atoms with E-state index in [1.807, 2.05) is 19.9 Å². The van der Waals surface area contributed by atoms with Crippen LogP contribution in [0.4, 0.5) is 0 Å². The van der Waals surface area contributed by atoms with Crippen LogP contribution in [0.25, 0.3) is 10.8 Å². The van der Waals surface area contributed by atoms with Gasteiger partial charge in [-0.15, -0.1) is 0 Å². The maximum atomic E-state index is 11.7. The number of hydrogen-bond acceptors (Lipinski definition) is 3. The fourth-order valence-electron chi connectivity index (χ4n) is 1.66. The number of benzene rings is 2. The zero-order valence-corrected chi connectivity index (χ0v) is 10.5. The number of fused-ring (bicyclic) bond motifs is 1. The second-order valence-corrected chi connectivity index (χ2v) is 4.42. The minimum Gasteiger partial charge on any atom is -0.508 e. The predicted molar refractivity (Wildman–Crippen MR) is 84.2 cm³/mol. The Labute approximate surface area is 121 Å². The molecule has 2 aromatic carbocycles. The van der Waals surface area contributed by atoms with Gasteiger partial charge in [0.1, 0.15) is 11.5 Å². The third kappa shape index (κ3) is 3.98. The average Bonchev–Trinajstić information content (AvgIpc) is 2.38. The number of ether oxygens (including phenoxy) is 1. The van der Waals surface area contributed by atoms with Crippen molar-refractivity contribution in [3.05, 3.63) is 36.4 Å². The molecular weight excluding hydrogens is 252 g/mol. The molecule has 1 unspecified atom stereocenters. The van der Waals surface area contributed by atoms with E-state index in [0.717, 1.165) is 17.2 Å². The lowest BCUT2D eigenvalue weighted by molar-refractivity contribution is -0.138. The van der Waals surface area contributed by atoms with Crippen LogP contribution in [0.2, 0.25) is 0 Å². The third-order valence-electron chi connectivity index (χ3n) is 3.03. The first-order valence-electron chi connectivity index (χ1n) is 6.04. The monoisotopic (exact) mass is 276 g/mol. The highest BCUT2D eigenvalue weighted by Gasteiger charge is 2.13. The summed E-state index contributed by atoms with van der Waals surface area (Å²) < 4.78 is 5.30. The zero-order chi connectivity index (χ0) is 13.1. The fourth-order valence-corrected chi connectivity index (χ4v) is 1.66. The summed E-state index contributed by atoms with van der Waals surface area (Å²) >= 11 is 0. The molecular formula is C17H24O3. The summed E-state index contributed by atoms with van der Waals surface area (Å²) in [5, 5.41) is 11.2. The smallest absolute Gasteiger partial charge is 0.314 e. The highest BCUT2D eigenvalue weighted by atomic mass is 16.5. The van der Waals surface area contributed by atoms with Crippen molar-refractivity contribution in [2.24, 2.45) is 5.92 Å². The van der Waals surface area contributed by atoms with Crippen LogP contribution in [0.15, 0.2) is 36.4 Å². The maximum absolute atomic E-state index is 11.7. The summed E-state index contributed by atoms with van der Waals surface area (Å²) in [7, 11) is 0. The Bertz CT molecular complexity index is 575. The molecule has 0 amide bonds. The molecule has 0 spiro atoms. The topological polar surface area (TPSA) is 46.5 Å². The molecule has 0 saturated heterocycles. The molecule has 110 valence electrons. The lowest BCUT2D eigenvalue weighted by Crippen LogP contribution is -2.16. The zero-order valence-electron chi connectivity index (χ0n) is 10.5. The molecule has 0 saturated carbocycles. The van der Waals surface area contributed by atoms with Gasteiger partial charge in [0.25, 0.3) is 0 Å². The lowest BCUT2D eigenvalue weighted by Gasteiger charge is -2.09. The quantitative estimate of drug-likeness (QED) is 0.649. The van der Waals surface area contributed by atoms with Gasteiger partial charge in [0, 0.05) is 0 Å². The molecule has 1 atom stereocenters. The Morgan fingerprint density at radius 3 is 2.40 bits per heavy atom. The number of aromatic hydroxyl groups is 1. The Hall–Kier alpha value is -2.03. The van der Waals surface area contributed by atoms with Crippen molar-refractivity contribution >= 4 is 16.7 Å². The van der Waals surface area contributed by atoms with Crippen LogP contribution in [0.5, 0.6) is 11.5 Å². The van der Waals surface area contributed by atoms with Crippen LogP contribution in [-0.4, -0.2) is 11.1 Å². The Kier molecular flexibility index (Phi) is 6.77. The minimum atomic E-state index is -0.212. The number of rotatable bonds is 3. The van der Waals surface area contributed by atoms with Crippen molar-refractivity contribution in [3.8, 4) is 11.5 Å². The van der Waals surface area contributed by atoms with Crippen molar-refractivity contribution in [3.63, 3.8) is 0 Å². The van der Waals surface area contributed by atoms with Crippen LogP contribution in [0.1, 0.15) is 35.1 Å². The molecule has 20 heavy (non-hydrogen) atoms. The van der Waals surface area contributed by atoms with Crippen molar-refractivity contribution in [2.75, 3.05) is 0 Å². The van der Waals surface area contributed by atoms with Crippen molar-refractivity contribution in [1.82, 2.24) is 0 Å². The molecule has 0 aliphatic heterocycles. The van der Waals surface area contributed by atoms with E-state index in [2.05, 4.69) is 0 Å². The van der Waals surface area contributed by atoms with Gasteiger partial charge >= 0.3 is 5.97 Å². The van der Waals surface area contributed by atoms with Crippen molar-refractivity contribution in [2.45, 2.75) is 35.1 Å². The number of phenolic OH excluding ortho intramolecular Hbond substituents is 1. The van der Waals surface area contributed by atoms with Gasteiger partial charge in [-0.25, -0.2) is 0 Å². The van der Waals surface area contributed by atoms with E-state index in [0.29, 0.717) is 5.75 Å². The third-order valence-corrected chi connectivity index (χ3v) is 3.03. The normalized spacial score (nSPS) is 11.1. The number of carbonyl (C=O) groups excluding carboxylic acids is 1. The van der Waals surface area contributed by atoms with E-state index in [-0.39, 0.29) is 32.5 Å². The molecule has 1 N–H and O–H groups in total. The van der Waals surface area contributed by atoms with Gasteiger partial charge in [-0.05, 0) is 41.5 Å². The Morgan fingerprint density at radius 2 is 1.75 bits per heavy atom. The fraction of sp³-hybridized carbons (Fsp3) is 0.353. The van der Waals surface area contributed by atoms with Gasteiger partial charge in [-0.1, -0.05) is 40.8 Å². The minimum absolute atomic E-state index is 0. The molecule has 2 aromatic rings. The number of carbonyl (C=O) groups is 1. The lowest BCUT2D eigenvalue weighted by atomic mass is 10.1. The molecule has 0 aromatic heterocycles. The van der Waals surface area contributed by atoms with Gasteiger partial charge in [-0.2, -0.15) is 0 Å². The molecule has 0 aliphatic carbocycles. The highest BCUT2D eigenvalue weighted by molar-refractivity contribution is 5.86. The molecule has 0 aliphatic rings. The summed E-state index contributed by atoms with van der Waals surface area (Å²) in [6.07, 6.45) is 0.764. The van der Waals surface area contributed by atoms with Gasteiger partial charge in [0.15, 0.2) is 0 Å². The first-order valence-corrected chi connectivity index (χ1v) is 6.04. The molecule has 0 radical (unpaired) electrons. The molecule has 0 heterocycles. The van der Waals surface area contributed by atoms with Crippen LogP contribution < -0.4 is 4.74 Å². The second-order valence-electron chi connectivity index (χ2n) is 4.42. The van der Waals surface area contributed by atoms with Crippen molar-refractivity contribution in [1.29, 1.82) is 0 Å². The Balaban J connectivity index is 0.00000180.